The lowest BCUT2D eigenvalue weighted by Gasteiger charge is -1.98. The highest BCUT2D eigenvalue weighted by Gasteiger charge is 1.89. The Labute approximate surface area is 72.0 Å². The van der Waals surface area contributed by atoms with Gasteiger partial charge in [0.2, 0.25) is 0 Å². The summed E-state index contributed by atoms with van der Waals surface area (Å²) < 4.78 is 0. The monoisotopic (exact) mass is 170 g/mol. The number of rotatable bonds is 1. The third-order valence-corrected chi connectivity index (χ3v) is 1.95. The van der Waals surface area contributed by atoms with Gasteiger partial charge in [0, 0.05) is 0 Å². The van der Waals surface area contributed by atoms with Crippen LogP contribution in [0.5, 0.6) is 0 Å². The molecule has 0 unspecified atom stereocenters. The molecule has 1 aromatic rings. The highest BCUT2D eigenvalue weighted by Crippen LogP contribution is 2.08. The Balaban J connectivity index is 0. The van der Waals surface area contributed by atoms with Gasteiger partial charge in [-0.1, -0.05) is 23.7 Å². The molecule has 4 heteroatoms. The van der Waals surface area contributed by atoms with Crippen LogP contribution in [0.3, 0.4) is 0 Å². The molecule has 0 fully saturated rings. The fraction of sp³-hybridized carbons (Fsp3) is 0.143. The second-order valence-corrected chi connectivity index (χ2v) is 2.59. The average Bonchev–Trinajstić information content (AvgIpc) is 1.89. The molecule has 2 radical (unpaired) electrons. The van der Waals surface area contributed by atoms with Crippen molar-refractivity contribution in [3.8, 4) is 0 Å². The maximum absolute atomic E-state index is 5.61. The van der Waals surface area contributed by atoms with E-state index in [1.165, 1.54) is 0 Å². The van der Waals surface area contributed by atoms with Gasteiger partial charge in [0.25, 0.3) is 0 Å². The SMILES string of the molecule is O.O.[B]c1ccccc1SC. The first kappa shape index (κ1) is 13.2. The third-order valence-electron chi connectivity index (χ3n) is 1.14. The summed E-state index contributed by atoms with van der Waals surface area (Å²) in [6.07, 6.45) is 2.02. The Morgan fingerprint density at radius 1 is 1.18 bits per heavy atom. The molecule has 0 aromatic heterocycles. The molecule has 2 nitrogen and oxygen atoms in total. The van der Waals surface area contributed by atoms with Crippen molar-refractivity contribution in [2.45, 2.75) is 4.90 Å². The molecule has 0 aliphatic rings. The fourth-order valence-corrected chi connectivity index (χ4v) is 1.18. The van der Waals surface area contributed by atoms with Crippen molar-refractivity contribution in [3.63, 3.8) is 0 Å². The van der Waals surface area contributed by atoms with Gasteiger partial charge < -0.3 is 11.0 Å². The molecule has 0 amide bonds. The summed E-state index contributed by atoms with van der Waals surface area (Å²) in [6, 6.07) is 7.85. The van der Waals surface area contributed by atoms with Gasteiger partial charge in [-0.15, -0.1) is 11.8 Å². The van der Waals surface area contributed by atoms with Gasteiger partial charge in [-0.25, -0.2) is 0 Å². The Kier molecular flexibility index (Phi) is 7.51. The molecule has 0 saturated carbocycles. The summed E-state index contributed by atoms with van der Waals surface area (Å²) in [5.74, 6) is 0. The molecule has 60 valence electrons. The second-order valence-electron chi connectivity index (χ2n) is 1.74. The zero-order valence-corrected chi connectivity index (χ0v) is 7.11. The van der Waals surface area contributed by atoms with Crippen molar-refractivity contribution in [1.29, 1.82) is 0 Å². The third kappa shape index (κ3) is 3.46. The van der Waals surface area contributed by atoms with Crippen LogP contribution in [0.2, 0.25) is 0 Å². The lowest BCUT2D eigenvalue weighted by Crippen LogP contribution is -2.03. The van der Waals surface area contributed by atoms with Crippen molar-refractivity contribution < 1.29 is 11.0 Å². The van der Waals surface area contributed by atoms with Gasteiger partial charge in [0.05, 0.1) is 0 Å². The van der Waals surface area contributed by atoms with E-state index >= 15 is 0 Å². The van der Waals surface area contributed by atoms with E-state index in [0.29, 0.717) is 0 Å². The maximum Gasteiger partial charge on any atom is 0.115 e. The molecule has 1 aromatic carbocycles. The summed E-state index contributed by atoms with van der Waals surface area (Å²) in [7, 11) is 5.61. The summed E-state index contributed by atoms with van der Waals surface area (Å²) in [5.41, 5.74) is 0.866. The summed E-state index contributed by atoms with van der Waals surface area (Å²) in [5, 5.41) is 0. The highest BCUT2D eigenvalue weighted by atomic mass is 32.2. The molecular formula is C7H11BO2S. The molecule has 0 saturated heterocycles. The van der Waals surface area contributed by atoms with Crippen LogP contribution in [-0.4, -0.2) is 25.1 Å². The smallest absolute Gasteiger partial charge is 0.115 e. The minimum atomic E-state index is 0. The molecular weight excluding hydrogens is 159 g/mol. The van der Waals surface area contributed by atoms with Gasteiger partial charge in [0.15, 0.2) is 0 Å². The van der Waals surface area contributed by atoms with Gasteiger partial charge >= 0.3 is 0 Å². The van der Waals surface area contributed by atoms with Crippen LogP contribution in [0, 0.1) is 0 Å². The number of hydrogen-bond acceptors (Lipinski definition) is 1. The van der Waals surface area contributed by atoms with E-state index in [-0.39, 0.29) is 11.0 Å². The molecule has 11 heavy (non-hydrogen) atoms. The minimum absolute atomic E-state index is 0. The molecule has 0 spiro atoms. The molecule has 0 aliphatic heterocycles. The van der Waals surface area contributed by atoms with Gasteiger partial charge in [-0.05, 0) is 17.2 Å². The van der Waals surface area contributed by atoms with Crippen LogP contribution in [0.1, 0.15) is 0 Å². The Bertz CT molecular complexity index is 205. The van der Waals surface area contributed by atoms with Crippen LogP contribution < -0.4 is 5.46 Å². The van der Waals surface area contributed by atoms with Crippen LogP contribution in [0.4, 0.5) is 0 Å². The normalized spacial score (nSPS) is 7.73. The van der Waals surface area contributed by atoms with Crippen molar-refractivity contribution in [3.05, 3.63) is 24.3 Å². The van der Waals surface area contributed by atoms with E-state index in [1.807, 2.05) is 30.5 Å². The van der Waals surface area contributed by atoms with E-state index in [1.54, 1.807) is 11.8 Å². The molecule has 0 aliphatic carbocycles. The van der Waals surface area contributed by atoms with Gasteiger partial charge in [-0.3, -0.25) is 0 Å². The standard InChI is InChI=1S/C7H7BS.2H2O/c1-9-7-5-3-2-4-6(7)8;;/h2-5H,1H3;2*1H2. The Morgan fingerprint density at radius 3 is 2.09 bits per heavy atom. The molecule has 0 bridgehead atoms. The maximum atomic E-state index is 5.61. The zero-order valence-electron chi connectivity index (χ0n) is 6.29. The van der Waals surface area contributed by atoms with E-state index in [2.05, 4.69) is 0 Å². The lowest BCUT2D eigenvalue weighted by atomic mass is 9.97. The molecule has 0 heterocycles. The quantitative estimate of drug-likeness (QED) is 0.416. The Morgan fingerprint density at radius 2 is 1.73 bits per heavy atom. The molecule has 4 N–H and O–H groups in total. The predicted molar refractivity (Wildman–Crippen MR) is 50.8 cm³/mol. The first-order valence-electron chi connectivity index (χ1n) is 2.73. The second kappa shape index (κ2) is 6.28. The zero-order chi connectivity index (χ0) is 6.69. The van der Waals surface area contributed by atoms with E-state index in [4.69, 9.17) is 7.85 Å². The molecule has 0 atom stereocenters. The summed E-state index contributed by atoms with van der Waals surface area (Å²) in [6.45, 7) is 0. The number of hydrogen-bond donors (Lipinski definition) is 0. The largest absolute Gasteiger partial charge is 0.412 e. The number of benzene rings is 1. The topological polar surface area (TPSA) is 63.0 Å². The van der Waals surface area contributed by atoms with Crippen molar-refractivity contribution in [2.24, 2.45) is 0 Å². The van der Waals surface area contributed by atoms with Crippen molar-refractivity contribution >= 4 is 25.1 Å². The first-order chi connectivity index (χ1) is 4.34. The van der Waals surface area contributed by atoms with Gasteiger partial charge in [0.1, 0.15) is 7.85 Å². The van der Waals surface area contributed by atoms with Crippen LogP contribution in [0.15, 0.2) is 29.2 Å². The minimum Gasteiger partial charge on any atom is -0.412 e. The summed E-state index contributed by atoms with van der Waals surface area (Å²) >= 11 is 1.67. The average molecular weight is 170 g/mol. The summed E-state index contributed by atoms with van der Waals surface area (Å²) in [4.78, 5) is 1.15. The Hall–Kier alpha value is -0.445. The van der Waals surface area contributed by atoms with Gasteiger partial charge in [-0.2, -0.15) is 0 Å². The highest BCUT2D eigenvalue weighted by molar-refractivity contribution is 7.98. The lowest BCUT2D eigenvalue weighted by molar-refractivity contribution is 0.823. The first-order valence-corrected chi connectivity index (χ1v) is 3.95. The van der Waals surface area contributed by atoms with E-state index in [9.17, 15) is 0 Å². The predicted octanol–water partition coefficient (Wildman–Crippen LogP) is -0.447. The van der Waals surface area contributed by atoms with Crippen LogP contribution in [-0.2, 0) is 0 Å². The number of thioether (sulfide) groups is 1. The van der Waals surface area contributed by atoms with Crippen LogP contribution in [0.25, 0.3) is 0 Å². The molecule has 1 rings (SSSR count). The van der Waals surface area contributed by atoms with Crippen molar-refractivity contribution in [1.82, 2.24) is 0 Å². The fourth-order valence-electron chi connectivity index (χ4n) is 0.666. The van der Waals surface area contributed by atoms with E-state index in [0.717, 1.165) is 10.4 Å². The van der Waals surface area contributed by atoms with E-state index < -0.39 is 0 Å². The van der Waals surface area contributed by atoms with Crippen LogP contribution >= 0.6 is 11.8 Å². The van der Waals surface area contributed by atoms with Crippen molar-refractivity contribution in [2.75, 3.05) is 6.26 Å².